The number of fused-ring (bicyclic) bond motifs is 1. The van der Waals surface area contributed by atoms with E-state index in [1.54, 1.807) is 13.1 Å². The Bertz CT molecular complexity index is 612. The van der Waals surface area contributed by atoms with Crippen molar-refractivity contribution in [1.82, 2.24) is 0 Å². The molecule has 0 atom stereocenters. The number of nitrogens with zero attached hydrogens (tertiary/aromatic N) is 2. The summed E-state index contributed by atoms with van der Waals surface area (Å²) >= 11 is 2.01. The molecule has 4 nitrogen and oxygen atoms in total. The number of anilines is 2. The lowest BCUT2D eigenvalue weighted by Gasteiger charge is -2.25. The van der Waals surface area contributed by atoms with Gasteiger partial charge in [-0.25, -0.2) is 0 Å². The van der Waals surface area contributed by atoms with E-state index in [0.717, 1.165) is 36.6 Å². The van der Waals surface area contributed by atoms with E-state index in [2.05, 4.69) is 18.7 Å². The molecule has 1 aromatic rings. The molecule has 0 aromatic heterocycles. The van der Waals surface area contributed by atoms with Crippen LogP contribution in [0.25, 0.3) is 0 Å². The molecule has 0 bridgehead atoms. The summed E-state index contributed by atoms with van der Waals surface area (Å²) in [6.07, 6.45) is 1.13. The van der Waals surface area contributed by atoms with Gasteiger partial charge in [0.1, 0.15) is 0 Å². The van der Waals surface area contributed by atoms with E-state index in [0.29, 0.717) is 10.3 Å². The zero-order valence-corrected chi connectivity index (χ0v) is 13.5. The molecule has 1 aromatic carbocycles. The second-order valence-electron chi connectivity index (χ2n) is 6.24. The zero-order valence-electron chi connectivity index (χ0n) is 12.7. The summed E-state index contributed by atoms with van der Waals surface area (Å²) in [6, 6.07) is 5.73. The number of ketones is 1. The Kier molecular flexibility index (Phi) is 3.48. The molecule has 1 fully saturated rings. The summed E-state index contributed by atoms with van der Waals surface area (Å²) in [6.45, 7) is 6.58. The second-order valence-corrected chi connectivity index (χ2v) is 8.04. The molecule has 0 unspecified atom stereocenters. The van der Waals surface area contributed by atoms with E-state index in [1.807, 2.05) is 23.9 Å². The molecule has 0 saturated carbocycles. The Labute approximate surface area is 129 Å². The predicted octanol–water partition coefficient (Wildman–Crippen LogP) is 2.57. The fourth-order valence-electron chi connectivity index (χ4n) is 2.84. The molecule has 5 heteroatoms. The smallest absolute Gasteiger partial charge is 0.299 e. The van der Waals surface area contributed by atoms with E-state index in [-0.39, 0.29) is 0 Å². The molecule has 0 aliphatic carbocycles. The predicted molar refractivity (Wildman–Crippen MR) is 87.5 cm³/mol. The lowest BCUT2D eigenvalue weighted by atomic mass is 10.1. The maximum absolute atomic E-state index is 11.8. The van der Waals surface area contributed by atoms with E-state index in [4.69, 9.17) is 0 Å². The number of likely N-dealkylation sites (N-methyl/N-ethyl adjacent to an activating group) is 1. The molecule has 2 aliphatic rings. The van der Waals surface area contributed by atoms with Crippen molar-refractivity contribution >= 4 is 34.8 Å². The Balaban J connectivity index is 1.88. The Morgan fingerprint density at radius 1 is 1.19 bits per heavy atom. The van der Waals surface area contributed by atoms with E-state index in [1.165, 1.54) is 4.90 Å². The van der Waals surface area contributed by atoms with Crippen molar-refractivity contribution in [1.29, 1.82) is 0 Å². The number of carbonyl (C=O) groups is 2. The molecular formula is C16H20N2O2S. The molecule has 1 saturated heterocycles. The monoisotopic (exact) mass is 304 g/mol. The van der Waals surface area contributed by atoms with Crippen LogP contribution in [-0.2, 0) is 4.79 Å². The Morgan fingerprint density at radius 2 is 1.95 bits per heavy atom. The summed E-state index contributed by atoms with van der Waals surface area (Å²) < 4.78 is 0.314. The van der Waals surface area contributed by atoms with Crippen LogP contribution in [0.15, 0.2) is 18.2 Å². The average molecular weight is 304 g/mol. The standard InChI is InChI=1S/C16H20N2O2S/c1-16(2)6-7-18(8-9-21-16)11-4-5-12-13(10-11)17(3)15(20)14(12)19/h4-5,10H,6-9H2,1-3H3. The molecule has 0 spiro atoms. The minimum atomic E-state index is -0.435. The molecule has 0 N–H and O–H groups in total. The highest BCUT2D eigenvalue weighted by Gasteiger charge is 2.34. The number of amides is 1. The maximum Gasteiger partial charge on any atom is 0.299 e. The molecule has 2 heterocycles. The van der Waals surface area contributed by atoms with Crippen LogP contribution >= 0.6 is 11.8 Å². The summed E-state index contributed by atoms with van der Waals surface area (Å²) in [5.74, 6) is 0.263. The molecule has 112 valence electrons. The van der Waals surface area contributed by atoms with E-state index < -0.39 is 11.7 Å². The summed E-state index contributed by atoms with van der Waals surface area (Å²) in [5.41, 5.74) is 2.36. The summed E-state index contributed by atoms with van der Waals surface area (Å²) in [5, 5.41) is 0. The molecule has 3 rings (SSSR count). The fraction of sp³-hybridized carbons (Fsp3) is 0.500. The Morgan fingerprint density at radius 3 is 2.71 bits per heavy atom. The molecule has 1 amide bonds. The molecule has 0 radical (unpaired) electrons. The van der Waals surface area contributed by atoms with Crippen LogP contribution in [0.4, 0.5) is 11.4 Å². The number of Topliss-reactive ketones (excluding diaryl/α,β-unsaturated/α-hetero) is 1. The van der Waals surface area contributed by atoms with Gasteiger partial charge in [0.2, 0.25) is 0 Å². The third-order valence-corrected chi connectivity index (χ3v) is 5.66. The van der Waals surface area contributed by atoms with Gasteiger partial charge in [0, 0.05) is 36.3 Å². The third-order valence-electron chi connectivity index (χ3n) is 4.29. The number of benzene rings is 1. The normalized spacial score (nSPS) is 21.5. The topological polar surface area (TPSA) is 40.6 Å². The minimum Gasteiger partial charge on any atom is -0.371 e. The van der Waals surface area contributed by atoms with Crippen molar-refractivity contribution in [2.75, 3.05) is 35.7 Å². The second kappa shape index (κ2) is 5.05. The van der Waals surface area contributed by atoms with Gasteiger partial charge in [-0.15, -0.1) is 0 Å². The van der Waals surface area contributed by atoms with Crippen LogP contribution in [0, 0.1) is 0 Å². The fourth-order valence-corrected chi connectivity index (χ4v) is 3.94. The molecule has 21 heavy (non-hydrogen) atoms. The van der Waals surface area contributed by atoms with Crippen LogP contribution in [0.5, 0.6) is 0 Å². The van der Waals surface area contributed by atoms with Gasteiger partial charge in [0.15, 0.2) is 0 Å². The Hall–Kier alpha value is -1.49. The first kappa shape index (κ1) is 14.4. The van der Waals surface area contributed by atoms with Gasteiger partial charge >= 0.3 is 0 Å². The van der Waals surface area contributed by atoms with Gasteiger partial charge < -0.3 is 9.80 Å². The number of hydrogen-bond donors (Lipinski definition) is 0. The lowest BCUT2D eigenvalue weighted by molar-refractivity contribution is -0.114. The highest BCUT2D eigenvalue weighted by Crippen LogP contribution is 2.35. The van der Waals surface area contributed by atoms with Crippen molar-refractivity contribution in [3.05, 3.63) is 23.8 Å². The van der Waals surface area contributed by atoms with E-state index >= 15 is 0 Å². The summed E-state index contributed by atoms with van der Waals surface area (Å²) in [4.78, 5) is 27.4. The van der Waals surface area contributed by atoms with Crippen LogP contribution in [-0.4, -0.2) is 42.3 Å². The van der Waals surface area contributed by atoms with E-state index in [9.17, 15) is 9.59 Å². The number of hydrogen-bond acceptors (Lipinski definition) is 4. The van der Waals surface area contributed by atoms with Crippen LogP contribution in [0.3, 0.4) is 0 Å². The van der Waals surface area contributed by atoms with Gasteiger partial charge in [-0.2, -0.15) is 11.8 Å². The van der Waals surface area contributed by atoms with Gasteiger partial charge in [-0.1, -0.05) is 13.8 Å². The largest absolute Gasteiger partial charge is 0.371 e. The number of rotatable bonds is 1. The number of carbonyl (C=O) groups excluding carboxylic acids is 2. The first-order valence-electron chi connectivity index (χ1n) is 7.24. The quantitative estimate of drug-likeness (QED) is 0.748. The van der Waals surface area contributed by atoms with Gasteiger partial charge in [0.25, 0.3) is 11.7 Å². The summed E-state index contributed by atoms with van der Waals surface area (Å²) in [7, 11) is 1.66. The first-order chi connectivity index (χ1) is 9.89. The van der Waals surface area contributed by atoms with Gasteiger partial charge in [-0.3, -0.25) is 9.59 Å². The first-order valence-corrected chi connectivity index (χ1v) is 8.23. The molecular weight excluding hydrogens is 284 g/mol. The molecule has 2 aliphatic heterocycles. The highest BCUT2D eigenvalue weighted by molar-refractivity contribution is 8.00. The van der Waals surface area contributed by atoms with Crippen LogP contribution < -0.4 is 9.80 Å². The van der Waals surface area contributed by atoms with Crippen molar-refractivity contribution in [2.24, 2.45) is 0 Å². The lowest BCUT2D eigenvalue weighted by Crippen LogP contribution is -2.27. The zero-order chi connectivity index (χ0) is 15.2. The van der Waals surface area contributed by atoms with Crippen LogP contribution in [0.1, 0.15) is 30.6 Å². The average Bonchev–Trinajstić information content (AvgIpc) is 2.60. The van der Waals surface area contributed by atoms with Crippen molar-refractivity contribution in [3.63, 3.8) is 0 Å². The van der Waals surface area contributed by atoms with Crippen LogP contribution in [0.2, 0.25) is 0 Å². The van der Waals surface area contributed by atoms with Crippen molar-refractivity contribution in [3.8, 4) is 0 Å². The van der Waals surface area contributed by atoms with Crippen molar-refractivity contribution in [2.45, 2.75) is 25.0 Å². The highest BCUT2D eigenvalue weighted by atomic mass is 32.2. The minimum absolute atomic E-state index is 0.314. The van der Waals surface area contributed by atoms with Gasteiger partial charge in [0.05, 0.1) is 11.3 Å². The van der Waals surface area contributed by atoms with Gasteiger partial charge in [-0.05, 0) is 24.6 Å². The maximum atomic E-state index is 11.8. The SMILES string of the molecule is CN1C(=O)C(=O)c2ccc(N3CCSC(C)(C)CC3)cc21. The third kappa shape index (κ3) is 2.55. The van der Waals surface area contributed by atoms with Crippen molar-refractivity contribution < 1.29 is 9.59 Å². The number of thioether (sulfide) groups is 1.